The van der Waals surface area contributed by atoms with Gasteiger partial charge in [-0.2, -0.15) is 0 Å². The summed E-state index contributed by atoms with van der Waals surface area (Å²) in [5.74, 6) is 1.65. The van der Waals surface area contributed by atoms with Crippen molar-refractivity contribution in [2.75, 3.05) is 20.8 Å². The second-order valence-electron chi connectivity index (χ2n) is 9.65. The van der Waals surface area contributed by atoms with Gasteiger partial charge < -0.3 is 20.5 Å². The van der Waals surface area contributed by atoms with Crippen molar-refractivity contribution in [1.29, 1.82) is 0 Å². The molecule has 3 aromatic rings. The lowest BCUT2D eigenvalue weighted by Crippen LogP contribution is -2.44. The summed E-state index contributed by atoms with van der Waals surface area (Å²) in [5, 5.41) is 2.58. The summed E-state index contributed by atoms with van der Waals surface area (Å²) < 4.78 is 14.4. The van der Waals surface area contributed by atoms with Gasteiger partial charge in [-0.15, -0.1) is 0 Å². The standard InChI is InChI=1S/C28H35N5O4/c1-16(2)20-11-17(3)26(18(4)12-20)31-25-15-22-21-14-24(37-6)23(36-5)13-19(21)7-9-32(22)28(35)33(25)10-8-30-27(29)34/h11-16H,7-10H2,1-6H3,(H3,29,30,34). The molecule has 0 saturated carbocycles. The Balaban J connectivity index is 1.97. The molecule has 0 radical (unpaired) electrons. The SMILES string of the molecule is COc1cc2c(cc1OC)-c1cc(=Nc3c(C)cc(C(C)C)cc3C)n(CCNC(N)=O)c(=O)n1CC2. The number of nitrogens with one attached hydrogen (secondary N) is 1. The monoisotopic (exact) mass is 505 g/mol. The first-order valence-electron chi connectivity index (χ1n) is 12.4. The van der Waals surface area contributed by atoms with E-state index in [1.165, 1.54) is 5.56 Å². The number of aromatic nitrogens is 2. The van der Waals surface area contributed by atoms with Gasteiger partial charge in [-0.1, -0.05) is 26.0 Å². The number of carbonyl (C=O) groups is 1. The quantitative estimate of drug-likeness (QED) is 0.511. The Bertz CT molecular complexity index is 1460. The second kappa shape index (κ2) is 10.5. The summed E-state index contributed by atoms with van der Waals surface area (Å²) in [6.07, 6.45) is 0.674. The van der Waals surface area contributed by atoms with Crippen LogP contribution in [0.2, 0.25) is 0 Å². The molecule has 2 heterocycles. The van der Waals surface area contributed by atoms with Crippen molar-refractivity contribution in [3.63, 3.8) is 0 Å². The highest BCUT2D eigenvalue weighted by Crippen LogP contribution is 2.37. The van der Waals surface area contributed by atoms with Crippen LogP contribution in [-0.2, 0) is 19.5 Å². The lowest BCUT2D eigenvalue weighted by molar-refractivity contribution is 0.248. The minimum atomic E-state index is -0.636. The molecule has 0 unspecified atom stereocenters. The molecule has 0 fully saturated rings. The van der Waals surface area contributed by atoms with Gasteiger partial charge in [0.05, 0.1) is 25.6 Å². The predicted octanol–water partition coefficient (Wildman–Crippen LogP) is 3.53. The second-order valence-corrected chi connectivity index (χ2v) is 9.65. The summed E-state index contributed by atoms with van der Waals surface area (Å²) in [5.41, 5.74) is 12.5. The van der Waals surface area contributed by atoms with Crippen LogP contribution in [0.3, 0.4) is 0 Å². The minimum Gasteiger partial charge on any atom is -0.493 e. The number of primary amides is 1. The van der Waals surface area contributed by atoms with Gasteiger partial charge in [0.15, 0.2) is 11.5 Å². The number of ether oxygens (including phenoxy) is 2. The van der Waals surface area contributed by atoms with Gasteiger partial charge in [-0.05, 0) is 60.6 Å². The predicted molar refractivity (Wildman–Crippen MR) is 144 cm³/mol. The number of hydrogen-bond acceptors (Lipinski definition) is 5. The van der Waals surface area contributed by atoms with Crippen molar-refractivity contribution < 1.29 is 14.3 Å². The van der Waals surface area contributed by atoms with Crippen LogP contribution in [0.15, 0.2) is 40.1 Å². The van der Waals surface area contributed by atoms with Crippen molar-refractivity contribution >= 4 is 11.7 Å². The first kappa shape index (κ1) is 26.1. The van der Waals surface area contributed by atoms with Gasteiger partial charge in [0.1, 0.15) is 5.49 Å². The molecular formula is C28H35N5O4. The van der Waals surface area contributed by atoms with E-state index in [-0.39, 0.29) is 18.8 Å². The molecule has 0 spiro atoms. The summed E-state index contributed by atoms with van der Waals surface area (Å²) in [7, 11) is 3.21. The maximum Gasteiger partial charge on any atom is 0.330 e. The van der Waals surface area contributed by atoms with Crippen LogP contribution >= 0.6 is 0 Å². The van der Waals surface area contributed by atoms with Crippen LogP contribution < -0.4 is 31.7 Å². The third kappa shape index (κ3) is 5.12. The average molecular weight is 506 g/mol. The van der Waals surface area contributed by atoms with E-state index >= 15 is 0 Å². The first-order valence-corrected chi connectivity index (χ1v) is 12.4. The fourth-order valence-electron chi connectivity index (χ4n) is 4.87. The Kier molecular flexibility index (Phi) is 7.42. The molecule has 196 valence electrons. The molecule has 1 aromatic heterocycles. The van der Waals surface area contributed by atoms with Gasteiger partial charge in [-0.25, -0.2) is 14.6 Å². The summed E-state index contributed by atoms with van der Waals surface area (Å²) >= 11 is 0. The highest BCUT2D eigenvalue weighted by Gasteiger charge is 2.22. The number of methoxy groups -OCH3 is 2. The van der Waals surface area contributed by atoms with Gasteiger partial charge in [-0.3, -0.25) is 9.13 Å². The van der Waals surface area contributed by atoms with Crippen LogP contribution in [-0.4, -0.2) is 35.9 Å². The number of aryl methyl sites for hydroxylation is 3. The topological polar surface area (TPSA) is 113 Å². The Morgan fingerprint density at radius 3 is 2.32 bits per heavy atom. The van der Waals surface area contributed by atoms with Crippen LogP contribution in [0, 0.1) is 13.8 Å². The zero-order chi connectivity index (χ0) is 26.9. The smallest absolute Gasteiger partial charge is 0.330 e. The van der Waals surface area contributed by atoms with E-state index in [4.69, 9.17) is 20.2 Å². The third-order valence-corrected chi connectivity index (χ3v) is 6.83. The van der Waals surface area contributed by atoms with Crippen molar-refractivity contribution in [2.24, 2.45) is 10.7 Å². The molecule has 2 aromatic carbocycles. The molecule has 0 atom stereocenters. The molecule has 0 bridgehead atoms. The molecule has 2 amide bonds. The van der Waals surface area contributed by atoms with E-state index < -0.39 is 6.03 Å². The van der Waals surface area contributed by atoms with E-state index in [0.29, 0.717) is 35.9 Å². The van der Waals surface area contributed by atoms with Crippen LogP contribution in [0.4, 0.5) is 10.5 Å². The molecule has 9 nitrogen and oxygen atoms in total. The van der Waals surface area contributed by atoms with Gasteiger partial charge in [0.2, 0.25) is 0 Å². The molecule has 9 heteroatoms. The number of amides is 2. The fraction of sp³-hybridized carbons (Fsp3) is 0.393. The lowest BCUT2D eigenvalue weighted by atomic mass is 9.96. The highest BCUT2D eigenvalue weighted by atomic mass is 16.5. The zero-order valence-corrected chi connectivity index (χ0v) is 22.3. The number of benzene rings is 2. The fourth-order valence-corrected chi connectivity index (χ4v) is 4.87. The molecule has 4 rings (SSSR count). The molecule has 1 aliphatic rings. The van der Waals surface area contributed by atoms with Crippen molar-refractivity contribution in [1.82, 2.24) is 14.5 Å². The van der Waals surface area contributed by atoms with Crippen LogP contribution in [0.1, 0.15) is 42.0 Å². The first-order chi connectivity index (χ1) is 17.6. The lowest BCUT2D eigenvalue weighted by Gasteiger charge is -2.24. The maximum absolute atomic E-state index is 13.8. The Morgan fingerprint density at radius 2 is 1.73 bits per heavy atom. The average Bonchev–Trinajstić information content (AvgIpc) is 2.86. The number of fused-ring (bicyclic) bond motifs is 3. The number of nitrogens with two attached hydrogens (primary N) is 1. The van der Waals surface area contributed by atoms with Gasteiger partial charge in [0, 0.05) is 31.3 Å². The highest BCUT2D eigenvalue weighted by molar-refractivity contribution is 5.71. The maximum atomic E-state index is 13.8. The summed E-state index contributed by atoms with van der Waals surface area (Å²) in [6.45, 7) is 9.36. The number of urea groups is 1. The van der Waals surface area contributed by atoms with Crippen molar-refractivity contribution in [3.8, 4) is 22.8 Å². The molecule has 1 aliphatic heterocycles. The number of rotatable bonds is 7. The third-order valence-electron chi connectivity index (χ3n) is 6.83. The molecule has 37 heavy (non-hydrogen) atoms. The number of carbonyl (C=O) groups excluding carboxylic acids is 1. The Hall–Kier alpha value is -4.01. The number of hydrogen-bond donors (Lipinski definition) is 2. The molecule has 0 aliphatic carbocycles. The Labute approximate surface area is 216 Å². The van der Waals surface area contributed by atoms with E-state index in [1.54, 1.807) is 23.4 Å². The zero-order valence-electron chi connectivity index (χ0n) is 22.3. The molecular weight excluding hydrogens is 470 g/mol. The normalized spacial score (nSPS) is 12.8. The summed E-state index contributed by atoms with van der Waals surface area (Å²) in [6, 6.07) is 9.47. The van der Waals surface area contributed by atoms with E-state index in [1.807, 2.05) is 32.0 Å². The van der Waals surface area contributed by atoms with E-state index in [0.717, 1.165) is 33.6 Å². The minimum absolute atomic E-state index is 0.197. The molecule has 3 N–H and O–H groups in total. The van der Waals surface area contributed by atoms with Crippen LogP contribution in [0.25, 0.3) is 11.3 Å². The van der Waals surface area contributed by atoms with Gasteiger partial charge in [0.25, 0.3) is 0 Å². The van der Waals surface area contributed by atoms with Crippen molar-refractivity contribution in [2.45, 2.75) is 53.1 Å². The largest absolute Gasteiger partial charge is 0.493 e. The van der Waals surface area contributed by atoms with Gasteiger partial charge >= 0.3 is 11.7 Å². The van der Waals surface area contributed by atoms with Crippen molar-refractivity contribution in [3.05, 3.63) is 68.6 Å². The summed E-state index contributed by atoms with van der Waals surface area (Å²) in [4.78, 5) is 30.1. The van der Waals surface area contributed by atoms with E-state index in [2.05, 4.69) is 31.3 Å². The van der Waals surface area contributed by atoms with Crippen LogP contribution in [0.5, 0.6) is 11.5 Å². The molecule has 0 saturated heterocycles. The Morgan fingerprint density at radius 1 is 1.08 bits per heavy atom. The number of nitrogens with zero attached hydrogens (tertiary/aromatic N) is 3. The van der Waals surface area contributed by atoms with E-state index in [9.17, 15) is 9.59 Å².